The van der Waals surface area contributed by atoms with E-state index in [1.807, 2.05) is 0 Å². The standard InChI is InChI=1S/C56H111NO11S/c1-3-5-7-9-11-13-15-17-19-21-22-23-24-25-26-27-28-30-31-33-35-37-39-41-43-45-50(59)49(48-66-56-54(62)55(68-69(63,64)65)53(61)51(47-58)67-56)57-52(60)46-44-42-40-38-36-34-32-29-20-18-16-14-12-10-8-6-4-2/h49-51,53-56,58-59,61-62H,3-48H2,1-2H3,(H,57,60)(H,63,64,65). The molecule has 12 nitrogen and oxygen atoms in total. The lowest BCUT2D eigenvalue weighted by molar-refractivity contribution is -0.298. The van der Waals surface area contributed by atoms with Gasteiger partial charge >= 0.3 is 10.4 Å². The molecule has 0 spiro atoms. The molecule has 1 rings (SSSR count). The summed E-state index contributed by atoms with van der Waals surface area (Å²) in [6.07, 6.45) is 45.4. The molecule has 0 saturated carbocycles. The van der Waals surface area contributed by atoms with Gasteiger partial charge in [0.15, 0.2) is 6.29 Å². The summed E-state index contributed by atoms with van der Waals surface area (Å²) in [5, 5.41) is 45.1. The van der Waals surface area contributed by atoms with E-state index in [1.165, 1.54) is 218 Å². The van der Waals surface area contributed by atoms with E-state index in [0.29, 0.717) is 12.8 Å². The quantitative estimate of drug-likeness (QED) is 0.0251. The number of hydrogen-bond acceptors (Lipinski definition) is 10. The molecule has 1 fully saturated rings. The van der Waals surface area contributed by atoms with E-state index in [-0.39, 0.29) is 12.5 Å². The highest BCUT2D eigenvalue weighted by molar-refractivity contribution is 7.80. The molecule has 412 valence electrons. The molecule has 1 amide bonds. The molecule has 0 aromatic heterocycles. The van der Waals surface area contributed by atoms with E-state index >= 15 is 0 Å². The zero-order valence-corrected chi connectivity index (χ0v) is 45.5. The number of carbonyl (C=O) groups is 1. The Balaban J connectivity index is 2.32. The van der Waals surface area contributed by atoms with Gasteiger partial charge in [0.05, 0.1) is 25.4 Å². The van der Waals surface area contributed by atoms with E-state index in [4.69, 9.17) is 9.47 Å². The first-order chi connectivity index (χ1) is 33.5. The smallest absolute Gasteiger partial charge is 0.394 e. The molecule has 0 bridgehead atoms. The fourth-order valence-electron chi connectivity index (χ4n) is 9.88. The molecule has 69 heavy (non-hydrogen) atoms. The number of aliphatic hydroxyl groups is 4. The van der Waals surface area contributed by atoms with Crippen molar-refractivity contribution in [3.05, 3.63) is 0 Å². The number of aliphatic hydroxyl groups excluding tert-OH is 4. The van der Waals surface area contributed by atoms with Crippen LogP contribution in [-0.2, 0) is 28.9 Å². The van der Waals surface area contributed by atoms with Gasteiger partial charge in [-0.3, -0.25) is 9.35 Å². The number of ether oxygens (including phenoxy) is 2. The molecule has 1 aliphatic rings. The van der Waals surface area contributed by atoms with Crippen molar-refractivity contribution in [3.8, 4) is 0 Å². The minimum atomic E-state index is -5.08. The molecule has 13 heteroatoms. The van der Waals surface area contributed by atoms with Crippen molar-refractivity contribution < 1.29 is 51.8 Å². The number of rotatable bonds is 52. The summed E-state index contributed by atoms with van der Waals surface area (Å²) in [4.78, 5) is 13.1. The summed E-state index contributed by atoms with van der Waals surface area (Å²) in [6, 6.07) is -0.853. The number of hydrogen-bond donors (Lipinski definition) is 6. The van der Waals surface area contributed by atoms with Gasteiger partial charge in [-0.05, 0) is 12.8 Å². The van der Waals surface area contributed by atoms with Crippen LogP contribution in [0.1, 0.15) is 296 Å². The molecular weight excluding hydrogens is 895 g/mol. The van der Waals surface area contributed by atoms with Crippen molar-refractivity contribution in [3.63, 3.8) is 0 Å². The van der Waals surface area contributed by atoms with Crippen LogP contribution in [-0.4, -0.2) is 95.4 Å². The minimum Gasteiger partial charge on any atom is -0.394 e. The van der Waals surface area contributed by atoms with Crippen molar-refractivity contribution >= 4 is 16.3 Å². The van der Waals surface area contributed by atoms with E-state index in [0.717, 1.165) is 51.4 Å². The van der Waals surface area contributed by atoms with Crippen molar-refractivity contribution in [1.29, 1.82) is 0 Å². The van der Waals surface area contributed by atoms with Crippen molar-refractivity contribution in [1.82, 2.24) is 5.32 Å². The Morgan fingerprint density at radius 1 is 0.522 bits per heavy atom. The van der Waals surface area contributed by atoms with Crippen LogP contribution in [0.15, 0.2) is 0 Å². The van der Waals surface area contributed by atoms with Gasteiger partial charge in [0.2, 0.25) is 5.91 Å². The molecule has 0 aromatic rings. The first-order valence-corrected chi connectivity index (χ1v) is 30.8. The molecule has 0 radical (unpaired) electrons. The average Bonchev–Trinajstić information content (AvgIpc) is 3.32. The fraction of sp³-hybridized carbons (Fsp3) is 0.982. The highest BCUT2D eigenvalue weighted by atomic mass is 32.3. The number of unbranched alkanes of at least 4 members (excludes halogenated alkanes) is 40. The maximum Gasteiger partial charge on any atom is 0.397 e. The number of carbonyl (C=O) groups excluding carboxylic acids is 1. The highest BCUT2D eigenvalue weighted by Crippen LogP contribution is 2.26. The summed E-state index contributed by atoms with van der Waals surface area (Å²) in [5.74, 6) is -0.222. The molecule has 0 aromatic carbocycles. The Bertz CT molecular complexity index is 1230. The first kappa shape index (κ1) is 66.1. The fourth-order valence-corrected chi connectivity index (χ4v) is 10.4. The van der Waals surface area contributed by atoms with Crippen LogP contribution in [0.25, 0.3) is 0 Å². The summed E-state index contributed by atoms with van der Waals surface area (Å²) in [7, 11) is -5.08. The van der Waals surface area contributed by atoms with Crippen LogP contribution in [0.2, 0.25) is 0 Å². The summed E-state index contributed by atoms with van der Waals surface area (Å²) in [6.45, 7) is 3.50. The van der Waals surface area contributed by atoms with Gasteiger partial charge in [-0.1, -0.05) is 277 Å². The van der Waals surface area contributed by atoms with E-state index in [1.54, 1.807) is 0 Å². The van der Waals surface area contributed by atoms with Crippen molar-refractivity contribution in [2.24, 2.45) is 0 Å². The monoisotopic (exact) mass is 1010 g/mol. The summed E-state index contributed by atoms with van der Waals surface area (Å²) in [5.41, 5.74) is 0. The predicted molar refractivity (Wildman–Crippen MR) is 283 cm³/mol. The SMILES string of the molecule is CCCCCCCCCCCCCCCCCCCCCCCCCCCC(O)C(COC1OC(CO)C(O)C(OS(=O)(=O)O)C1O)NC(=O)CCCCCCCCCCCCCCCCCCC. The number of nitrogens with one attached hydrogen (secondary N) is 1. The maximum atomic E-state index is 13.1. The van der Waals surface area contributed by atoms with Crippen LogP contribution in [0.3, 0.4) is 0 Å². The van der Waals surface area contributed by atoms with Crippen molar-refractivity contribution in [2.75, 3.05) is 13.2 Å². The molecule has 1 aliphatic heterocycles. The lowest BCUT2D eigenvalue weighted by atomic mass is 9.99. The molecule has 7 atom stereocenters. The minimum absolute atomic E-state index is 0.222. The van der Waals surface area contributed by atoms with Crippen molar-refractivity contribution in [2.45, 2.75) is 339 Å². The molecule has 6 N–H and O–H groups in total. The second-order valence-corrected chi connectivity index (χ2v) is 22.0. The zero-order chi connectivity index (χ0) is 50.5. The topological polar surface area (TPSA) is 192 Å². The third-order valence-electron chi connectivity index (χ3n) is 14.4. The Morgan fingerprint density at radius 2 is 0.841 bits per heavy atom. The zero-order valence-electron chi connectivity index (χ0n) is 44.7. The lowest BCUT2D eigenvalue weighted by Crippen LogP contribution is -2.61. The van der Waals surface area contributed by atoms with E-state index in [9.17, 15) is 38.2 Å². The number of amides is 1. The Hall–Kier alpha value is -0.900. The van der Waals surface area contributed by atoms with Gasteiger partial charge in [-0.15, -0.1) is 0 Å². The van der Waals surface area contributed by atoms with Gasteiger partial charge in [0.1, 0.15) is 24.4 Å². The van der Waals surface area contributed by atoms with Gasteiger partial charge in [-0.25, -0.2) is 4.18 Å². The Morgan fingerprint density at radius 3 is 1.16 bits per heavy atom. The van der Waals surface area contributed by atoms with Crippen LogP contribution >= 0.6 is 0 Å². The summed E-state index contributed by atoms with van der Waals surface area (Å²) < 4.78 is 47.9. The second kappa shape index (κ2) is 46.9. The van der Waals surface area contributed by atoms with Crippen LogP contribution < -0.4 is 5.32 Å². The maximum absolute atomic E-state index is 13.1. The Labute approximate surface area is 424 Å². The van der Waals surface area contributed by atoms with Crippen LogP contribution in [0.4, 0.5) is 0 Å². The third-order valence-corrected chi connectivity index (χ3v) is 14.9. The lowest BCUT2D eigenvalue weighted by Gasteiger charge is -2.41. The normalized spacial score (nSPS) is 19.6. The van der Waals surface area contributed by atoms with Crippen LogP contribution in [0, 0.1) is 0 Å². The van der Waals surface area contributed by atoms with Gasteiger partial charge in [0.25, 0.3) is 0 Å². The van der Waals surface area contributed by atoms with E-state index in [2.05, 4.69) is 23.3 Å². The predicted octanol–water partition coefficient (Wildman–Crippen LogP) is 13.7. The van der Waals surface area contributed by atoms with Gasteiger partial charge in [-0.2, -0.15) is 8.42 Å². The summed E-state index contributed by atoms with van der Waals surface area (Å²) >= 11 is 0. The third kappa shape index (κ3) is 39.3. The Kier molecular flexibility index (Phi) is 44.9. The molecule has 1 saturated heterocycles. The highest BCUT2D eigenvalue weighted by Gasteiger charge is 2.48. The average molecular weight is 1010 g/mol. The molecule has 7 unspecified atom stereocenters. The first-order valence-electron chi connectivity index (χ1n) is 29.4. The molecular formula is C56H111NO11S. The van der Waals surface area contributed by atoms with Crippen LogP contribution in [0.5, 0.6) is 0 Å². The second-order valence-electron chi connectivity index (χ2n) is 21.0. The van der Waals surface area contributed by atoms with Gasteiger partial charge in [0, 0.05) is 6.42 Å². The molecule has 1 heterocycles. The van der Waals surface area contributed by atoms with E-state index < -0.39 is 59.9 Å². The largest absolute Gasteiger partial charge is 0.397 e. The molecule has 0 aliphatic carbocycles. The van der Waals surface area contributed by atoms with Gasteiger partial charge < -0.3 is 35.2 Å².